The quantitative estimate of drug-likeness (QED) is 0.826. The number of carbonyl (C=O) groups excluding carboxylic acids is 1. The summed E-state index contributed by atoms with van der Waals surface area (Å²) in [6.07, 6.45) is 2.35. The van der Waals surface area contributed by atoms with Crippen molar-refractivity contribution in [2.45, 2.75) is 52.8 Å². The molecule has 4 heteroatoms. The first-order valence-electron chi connectivity index (χ1n) is 9.74. The number of carbonyl (C=O) groups is 1. The standard InChI is InChI=1S/C21H32N2O2/c1-4-25-20-10-19(20)21(24)22-11-17-5-7-18(8-6-17)14-23-12-15(2)9-16(3)13-23/h5-8,15-16,19-20H,4,9-14H2,1-3H3,(H,22,24). The molecule has 1 amide bonds. The fourth-order valence-electron chi connectivity index (χ4n) is 4.11. The predicted molar refractivity (Wildman–Crippen MR) is 100 cm³/mol. The van der Waals surface area contributed by atoms with E-state index in [1.165, 1.54) is 25.1 Å². The van der Waals surface area contributed by atoms with E-state index in [9.17, 15) is 4.79 Å². The van der Waals surface area contributed by atoms with Crippen LogP contribution >= 0.6 is 0 Å². The van der Waals surface area contributed by atoms with Crippen LogP contribution in [0.25, 0.3) is 0 Å². The van der Waals surface area contributed by atoms with Crippen molar-refractivity contribution >= 4 is 5.91 Å². The van der Waals surface area contributed by atoms with Gasteiger partial charge in [-0.05, 0) is 42.7 Å². The van der Waals surface area contributed by atoms with E-state index in [1.807, 2.05) is 6.92 Å². The zero-order chi connectivity index (χ0) is 17.8. The maximum atomic E-state index is 12.1. The highest BCUT2D eigenvalue weighted by atomic mass is 16.5. The molecule has 4 unspecified atom stereocenters. The Bertz CT molecular complexity index is 562. The molecule has 0 aromatic heterocycles. The molecule has 0 radical (unpaired) electrons. The molecule has 25 heavy (non-hydrogen) atoms. The summed E-state index contributed by atoms with van der Waals surface area (Å²) in [7, 11) is 0. The Kier molecular flexibility index (Phi) is 6.13. The minimum atomic E-state index is 0.0577. The fourth-order valence-corrected chi connectivity index (χ4v) is 4.11. The highest BCUT2D eigenvalue weighted by molar-refractivity contribution is 5.82. The molecule has 138 valence electrons. The van der Waals surface area contributed by atoms with Crippen LogP contribution in [-0.4, -0.2) is 36.6 Å². The van der Waals surface area contributed by atoms with Gasteiger partial charge in [-0.1, -0.05) is 38.1 Å². The van der Waals surface area contributed by atoms with Crippen LogP contribution in [-0.2, 0) is 22.6 Å². The molecule has 1 saturated heterocycles. The van der Waals surface area contributed by atoms with Gasteiger partial charge < -0.3 is 10.1 Å². The number of amides is 1. The van der Waals surface area contributed by atoms with Crippen LogP contribution < -0.4 is 5.32 Å². The van der Waals surface area contributed by atoms with Crippen molar-refractivity contribution in [3.05, 3.63) is 35.4 Å². The monoisotopic (exact) mass is 344 g/mol. The van der Waals surface area contributed by atoms with Gasteiger partial charge in [0.05, 0.1) is 12.0 Å². The molecule has 0 bridgehead atoms. The average Bonchev–Trinajstić information content (AvgIpc) is 3.33. The first kappa shape index (κ1) is 18.4. The Balaban J connectivity index is 1.43. The summed E-state index contributed by atoms with van der Waals surface area (Å²) in [6.45, 7) is 11.4. The average molecular weight is 344 g/mol. The molecule has 4 atom stereocenters. The van der Waals surface area contributed by atoms with Crippen molar-refractivity contribution in [2.75, 3.05) is 19.7 Å². The molecular weight excluding hydrogens is 312 g/mol. The van der Waals surface area contributed by atoms with Crippen molar-refractivity contribution in [3.63, 3.8) is 0 Å². The van der Waals surface area contributed by atoms with Gasteiger partial charge in [0.25, 0.3) is 0 Å². The minimum Gasteiger partial charge on any atom is -0.378 e. The number of rotatable bonds is 7. The number of ether oxygens (including phenoxy) is 1. The minimum absolute atomic E-state index is 0.0577. The van der Waals surface area contributed by atoms with E-state index in [2.05, 4.69) is 48.3 Å². The first-order chi connectivity index (χ1) is 12.0. The molecule has 1 aromatic carbocycles. The molecule has 1 N–H and O–H groups in total. The largest absolute Gasteiger partial charge is 0.378 e. The Morgan fingerprint density at radius 2 is 1.76 bits per heavy atom. The van der Waals surface area contributed by atoms with E-state index < -0.39 is 0 Å². The summed E-state index contributed by atoms with van der Waals surface area (Å²) in [6, 6.07) is 8.68. The molecule has 1 saturated carbocycles. The Hall–Kier alpha value is -1.39. The number of benzene rings is 1. The van der Waals surface area contributed by atoms with Crippen molar-refractivity contribution in [1.29, 1.82) is 0 Å². The van der Waals surface area contributed by atoms with Crippen LogP contribution in [0.4, 0.5) is 0 Å². The maximum Gasteiger partial charge on any atom is 0.226 e. The Labute approximate surface area is 151 Å². The van der Waals surface area contributed by atoms with Crippen LogP contribution in [0.1, 0.15) is 44.7 Å². The van der Waals surface area contributed by atoms with Crippen LogP contribution in [0.3, 0.4) is 0 Å². The molecule has 4 nitrogen and oxygen atoms in total. The van der Waals surface area contributed by atoms with Gasteiger partial charge in [0.2, 0.25) is 5.91 Å². The lowest BCUT2D eigenvalue weighted by atomic mass is 9.91. The highest BCUT2D eigenvalue weighted by Gasteiger charge is 2.43. The molecule has 3 rings (SSSR count). The van der Waals surface area contributed by atoms with Gasteiger partial charge in [0.1, 0.15) is 0 Å². The third-order valence-corrected chi connectivity index (χ3v) is 5.29. The van der Waals surface area contributed by atoms with Crippen LogP contribution in [0.5, 0.6) is 0 Å². The summed E-state index contributed by atoms with van der Waals surface area (Å²) < 4.78 is 5.48. The second kappa shape index (κ2) is 8.33. The summed E-state index contributed by atoms with van der Waals surface area (Å²) in [5.74, 6) is 1.77. The summed E-state index contributed by atoms with van der Waals surface area (Å²) >= 11 is 0. The number of hydrogen-bond donors (Lipinski definition) is 1. The van der Waals surface area contributed by atoms with Crippen molar-refractivity contribution < 1.29 is 9.53 Å². The normalized spacial score (nSPS) is 29.4. The molecular formula is C21H32N2O2. The van der Waals surface area contributed by atoms with Gasteiger partial charge in [-0.25, -0.2) is 0 Å². The van der Waals surface area contributed by atoms with Crippen molar-refractivity contribution in [3.8, 4) is 0 Å². The summed E-state index contributed by atoms with van der Waals surface area (Å²) in [5.41, 5.74) is 2.51. The predicted octanol–water partition coefficient (Wildman–Crippen LogP) is 3.21. The van der Waals surface area contributed by atoms with Gasteiger partial charge in [0.15, 0.2) is 0 Å². The van der Waals surface area contributed by atoms with Gasteiger partial charge in [-0.3, -0.25) is 9.69 Å². The number of nitrogens with zero attached hydrogens (tertiary/aromatic N) is 1. The van der Waals surface area contributed by atoms with Crippen LogP contribution in [0.2, 0.25) is 0 Å². The second-order valence-electron chi connectivity index (χ2n) is 8.01. The van der Waals surface area contributed by atoms with Gasteiger partial charge in [-0.15, -0.1) is 0 Å². The lowest BCUT2D eigenvalue weighted by molar-refractivity contribution is -0.123. The molecule has 1 aromatic rings. The first-order valence-corrected chi connectivity index (χ1v) is 9.74. The van der Waals surface area contributed by atoms with Gasteiger partial charge >= 0.3 is 0 Å². The van der Waals surface area contributed by atoms with Crippen LogP contribution in [0, 0.1) is 17.8 Å². The summed E-state index contributed by atoms with van der Waals surface area (Å²) in [5, 5.41) is 3.03. The van der Waals surface area contributed by atoms with Crippen LogP contribution in [0.15, 0.2) is 24.3 Å². The van der Waals surface area contributed by atoms with Crippen molar-refractivity contribution in [2.24, 2.45) is 17.8 Å². The van der Waals surface area contributed by atoms with Gasteiger partial charge in [0, 0.05) is 32.8 Å². The zero-order valence-corrected chi connectivity index (χ0v) is 15.8. The second-order valence-corrected chi connectivity index (χ2v) is 8.01. The van der Waals surface area contributed by atoms with E-state index >= 15 is 0 Å². The third-order valence-electron chi connectivity index (χ3n) is 5.29. The molecule has 1 aliphatic heterocycles. The molecule has 0 spiro atoms. The van der Waals surface area contributed by atoms with E-state index in [0.717, 1.165) is 30.4 Å². The van der Waals surface area contributed by atoms with Crippen molar-refractivity contribution in [1.82, 2.24) is 10.2 Å². The number of nitrogens with one attached hydrogen (secondary N) is 1. The number of likely N-dealkylation sites (tertiary alicyclic amines) is 1. The fraction of sp³-hybridized carbons (Fsp3) is 0.667. The molecule has 2 fully saturated rings. The lowest BCUT2D eigenvalue weighted by Gasteiger charge is -2.35. The zero-order valence-electron chi connectivity index (χ0n) is 15.8. The number of hydrogen-bond acceptors (Lipinski definition) is 3. The number of piperidine rings is 1. The Morgan fingerprint density at radius 1 is 1.12 bits per heavy atom. The highest BCUT2D eigenvalue weighted by Crippen LogP contribution is 2.33. The van der Waals surface area contributed by atoms with E-state index in [0.29, 0.717) is 13.2 Å². The SMILES string of the molecule is CCOC1CC1C(=O)NCc1ccc(CN2CC(C)CC(C)C2)cc1. The van der Waals surface area contributed by atoms with E-state index in [-0.39, 0.29) is 17.9 Å². The Morgan fingerprint density at radius 3 is 2.40 bits per heavy atom. The topological polar surface area (TPSA) is 41.6 Å². The smallest absolute Gasteiger partial charge is 0.226 e. The lowest BCUT2D eigenvalue weighted by Crippen LogP contribution is -2.38. The van der Waals surface area contributed by atoms with E-state index in [4.69, 9.17) is 4.74 Å². The molecule has 1 aliphatic carbocycles. The maximum absolute atomic E-state index is 12.1. The van der Waals surface area contributed by atoms with E-state index in [1.54, 1.807) is 0 Å². The third kappa shape index (κ3) is 5.29. The molecule has 1 heterocycles. The summed E-state index contributed by atoms with van der Waals surface area (Å²) in [4.78, 5) is 14.6. The van der Waals surface area contributed by atoms with Gasteiger partial charge in [-0.2, -0.15) is 0 Å². The molecule has 2 aliphatic rings.